The number of rotatable bonds is 2. The van der Waals surface area contributed by atoms with Gasteiger partial charge in [-0.3, -0.25) is 0 Å². The number of aromatic nitrogens is 2. The summed E-state index contributed by atoms with van der Waals surface area (Å²) in [5.41, 5.74) is 2.08. The summed E-state index contributed by atoms with van der Waals surface area (Å²) in [5.74, 6) is 0.805. The van der Waals surface area contributed by atoms with Crippen LogP contribution < -0.4 is 5.32 Å². The summed E-state index contributed by atoms with van der Waals surface area (Å²) in [6.45, 7) is 4.03. The van der Waals surface area contributed by atoms with E-state index in [4.69, 9.17) is 0 Å². The minimum absolute atomic E-state index is 0. The molecule has 0 aromatic carbocycles. The fraction of sp³-hybridized carbons (Fsp3) is 0.667. The number of hydrogen-bond acceptors (Lipinski definition) is 3. The van der Waals surface area contributed by atoms with Gasteiger partial charge in [0.2, 0.25) is 5.95 Å². The molecule has 0 bridgehead atoms. The average Bonchev–Trinajstić information content (AvgIpc) is 2.17. The molecule has 1 aliphatic rings. The Morgan fingerprint density at radius 2 is 1.62 bits per heavy atom. The van der Waals surface area contributed by atoms with Crippen molar-refractivity contribution < 1.29 is 0 Å². The third-order valence-electron chi connectivity index (χ3n) is 2.92. The lowest BCUT2D eigenvalue weighted by Gasteiger charge is -2.22. The van der Waals surface area contributed by atoms with Gasteiger partial charge in [-0.25, -0.2) is 9.97 Å². The second-order valence-corrected chi connectivity index (χ2v) is 4.45. The van der Waals surface area contributed by atoms with Crippen molar-refractivity contribution in [3.05, 3.63) is 17.5 Å². The molecule has 2 rings (SSSR count). The number of anilines is 1. The lowest BCUT2D eigenvalue weighted by atomic mass is 9.96. The van der Waals surface area contributed by atoms with Gasteiger partial charge in [0.05, 0.1) is 0 Å². The minimum atomic E-state index is 0. The monoisotopic (exact) mass is 241 g/mol. The van der Waals surface area contributed by atoms with Gasteiger partial charge >= 0.3 is 0 Å². The highest BCUT2D eigenvalue weighted by atomic mass is 35.5. The van der Waals surface area contributed by atoms with Crippen LogP contribution in [0.15, 0.2) is 6.07 Å². The van der Waals surface area contributed by atoms with Crippen LogP contribution in [0.2, 0.25) is 0 Å². The molecule has 0 aliphatic heterocycles. The maximum absolute atomic E-state index is 4.41. The van der Waals surface area contributed by atoms with Gasteiger partial charge in [-0.1, -0.05) is 19.3 Å². The Morgan fingerprint density at radius 1 is 1.06 bits per heavy atom. The molecule has 1 aromatic rings. The fourth-order valence-corrected chi connectivity index (χ4v) is 2.22. The van der Waals surface area contributed by atoms with E-state index in [0.29, 0.717) is 6.04 Å². The molecule has 0 amide bonds. The largest absolute Gasteiger partial charge is 0.351 e. The number of nitrogens with one attached hydrogen (secondary N) is 1. The van der Waals surface area contributed by atoms with Gasteiger partial charge in [-0.05, 0) is 32.8 Å². The number of hydrogen-bond donors (Lipinski definition) is 1. The third-order valence-corrected chi connectivity index (χ3v) is 2.92. The van der Waals surface area contributed by atoms with Crippen molar-refractivity contribution >= 4 is 18.4 Å². The second kappa shape index (κ2) is 6.04. The summed E-state index contributed by atoms with van der Waals surface area (Å²) < 4.78 is 0. The Bertz CT molecular complexity index is 315. The van der Waals surface area contributed by atoms with Crippen molar-refractivity contribution in [2.45, 2.75) is 52.0 Å². The van der Waals surface area contributed by atoms with Crippen LogP contribution in [0, 0.1) is 13.8 Å². The zero-order chi connectivity index (χ0) is 10.7. The molecule has 90 valence electrons. The molecule has 3 nitrogen and oxygen atoms in total. The van der Waals surface area contributed by atoms with Crippen LogP contribution in [0.4, 0.5) is 5.95 Å². The standard InChI is InChI=1S/C12H19N3.ClH/c1-9-8-10(2)14-12(13-9)15-11-6-4-3-5-7-11;/h8,11H,3-7H2,1-2H3,(H,13,14,15);1H. The summed E-state index contributed by atoms with van der Waals surface area (Å²) >= 11 is 0. The summed E-state index contributed by atoms with van der Waals surface area (Å²) in [6, 6.07) is 2.59. The van der Waals surface area contributed by atoms with Gasteiger partial charge in [-0.15, -0.1) is 12.4 Å². The predicted octanol–water partition coefficient (Wildman–Crippen LogP) is 3.26. The van der Waals surface area contributed by atoms with E-state index in [0.717, 1.165) is 17.3 Å². The first-order valence-electron chi connectivity index (χ1n) is 5.83. The topological polar surface area (TPSA) is 37.8 Å². The van der Waals surface area contributed by atoms with Crippen molar-refractivity contribution in [1.82, 2.24) is 9.97 Å². The minimum Gasteiger partial charge on any atom is -0.351 e. The molecule has 0 unspecified atom stereocenters. The molecular weight excluding hydrogens is 222 g/mol. The van der Waals surface area contributed by atoms with E-state index in [9.17, 15) is 0 Å². The first-order valence-corrected chi connectivity index (χ1v) is 5.83. The summed E-state index contributed by atoms with van der Waals surface area (Å²) in [5, 5.41) is 3.44. The van der Waals surface area contributed by atoms with E-state index >= 15 is 0 Å². The molecule has 16 heavy (non-hydrogen) atoms. The molecule has 0 atom stereocenters. The van der Waals surface area contributed by atoms with Crippen LogP contribution in [-0.2, 0) is 0 Å². The van der Waals surface area contributed by atoms with Gasteiger partial charge in [0.15, 0.2) is 0 Å². The fourth-order valence-electron chi connectivity index (χ4n) is 2.22. The first-order chi connectivity index (χ1) is 7.24. The highest BCUT2D eigenvalue weighted by molar-refractivity contribution is 5.85. The molecule has 1 saturated carbocycles. The highest BCUT2D eigenvalue weighted by Gasteiger charge is 2.14. The van der Waals surface area contributed by atoms with Gasteiger partial charge in [-0.2, -0.15) is 0 Å². The van der Waals surface area contributed by atoms with E-state index in [2.05, 4.69) is 15.3 Å². The van der Waals surface area contributed by atoms with E-state index in [1.165, 1.54) is 32.1 Å². The summed E-state index contributed by atoms with van der Waals surface area (Å²) in [7, 11) is 0. The zero-order valence-corrected chi connectivity index (χ0v) is 10.8. The van der Waals surface area contributed by atoms with Gasteiger partial charge < -0.3 is 5.32 Å². The van der Waals surface area contributed by atoms with Gasteiger partial charge in [0.25, 0.3) is 0 Å². The van der Waals surface area contributed by atoms with Crippen LogP contribution in [0.1, 0.15) is 43.5 Å². The molecule has 1 fully saturated rings. The Labute approximate surface area is 103 Å². The zero-order valence-electron chi connectivity index (χ0n) is 9.99. The van der Waals surface area contributed by atoms with Crippen LogP contribution in [0.5, 0.6) is 0 Å². The number of aryl methyl sites for hydroxylation is 2. The lowest BCUT2D eigenvalue weighted by molar-refractivity contribution is 0.460. The normalized spacial score (nSPS) is 16.6. The summed E-state index contributed by atoms with van der Waals surface area (Å²) in [6.07, 6.45) is 6.57. The second-order valence-electron chi connectivity index (χ2n) is 4.45. The van der Waals surface area contributed by atoms with Crippen molar-refractivity contribution in [2.75, 3.05) is 5.32 Å². The Hall–Kier alpha value is -0.830. The van der Waals surface area contributed by atoms with Crippen molar-refractivity contribution in [1.29, 1.82) is 0 Å². The van der Waals surface area contributed by atoms with Crippen LogP contribution in [0.25, 0.3) is 0 Å². The van der Waals surface area contributed by atoms with Gasteiger partial charge in [0, 0.05) is 17.4 Å². The molecule has 1 heterocycles. The Kier molecular flexibility index (Phi) is 5.00. The number of nitrogens with zero attached hydrogens (tertiary/aromatic N) is 2. The van der Waals surface area contributed by atoms with Crippen LogP contribution in [0.3, 0.4) is 0 Å². The third kappa shape index (κ3) is 3.63. The van der Waals surface area contributed by atoms with E-state index < -0.39 is 0 Å². The molecule has 1 N–H and O–H groups in total. The molecular formula is C12H20ClN3. The maximum Gasteiger partial charge on any atom is 0.223 e. The summed E-state index contributed by atoms with van der Waals surface area (Å²) in [4.78, 5) is 8.81. The molecule has 0 spiro atoms. The van der Waals surface area contributed by atoms with Crippen molar-refractivity contribution in [3.63, 3.8) is 0 Å². The molecule has 1 aromatic heterocycles. The van der Waals surface area contributed by atoms with Crippen molar-refractivity contribution in [3.8, 4) is 0 Å². The Balaban J connectivity index is 0.00000128. The number of halogens is 1. The first kappa shape index (κ1) is 13.2. The van der Waals surface area contributed by atoms with Gasteiger partial charge in [0.1, 0.15) is 0 Å². The van der Waals surface area contributed by atoms with E-state index in [-0.39, 0.29) is 12.4 Å². The average molecular weight is 242 g/mol. The Morgan fingerprint density at radius 3 is 2.19 bits per heavy atom. The van der Waals surface area contributed by atoms with Crippen LogP contribution in [-0.4, -0.2) is 16.0 Å². The smallest absolute Gasteiger partial charge is 0.223 e. The van der Waals surface area contributed by atoms with Crippen LogP contribution >= 0.6 is 12.4 Å². The lowest BCUT2D eigenvalue weighted by Crippen LogP contribution is -2.23. The SMILES string of the molecule is Cc1cc(C)nc(NC2CCCCC2)n1.Cl. The molecule has 0 radical (unpaired) electrons. The maximum atomic E-state index is 4.41. The van der Waals surface area contributed by atoms with E-state index in [1.54, 1.807) is 0 Å². The molecule has 1 aliphatic carbocycles. The van der Waals surface area contributed by atoms with E-state index in [1.807, 2.05) is 19.9 Å². The quantitative estimate of drug-likeness (QED) is 0.864. The highest BCUT2D eigenvalue weighted by Crippen LogP contribution is 2.20. The molecule has 0 saturated heterocycles. The molecule has 4 heteroatoms. The predicted molar refractivity (Wildman–Crippen MR) is 69.2 cm³/mol. The van der Waals surface area contributed by atoms with Crippen molar-refractivity contribution in [2.24, 2.45) is 0 Å².